The molecule has 0 N–H and O–H groups in total. The van der Waals surface area contributed by atoms with Crippen molar-refractivity contribution in [1.82, 2.24) is 9.78 Å². The van der Waals surface area contributed by atoms with Crippen LogP contribution in [0.3, 0.4) is 0 Å². The van der Waals surface area contributed by atoms with E-state index in [-0.39, 0.29) is 18.7 Å². The second kappa shape index (κ2) is 4.94. The molecule has 0 fully saturated rings. The van der Waals surface area contributed by atoms with Crippen molar-refractivity contribution >= 4 is 5.69 Å². The van der Waals surface area contributed by atoms with Gasteiger partial charge >= 0.3 is 11.9 Å². The highest BCUT2D eigenvalue weighted by atomic mass is 19.4. The zero-order valence-electron chi connectivity index (χ0n) is 9.86. The number of aromatic nitrogens is 2. The van der Waals surface area contributed by atoms with Gasteiger partial charge in [-0.1, -0.05) is 0 Å². The van der Waals surface area contributed by atoms with Crippen LogP contribution in [0.5, 0.6) is 0 Å². The van der Waals surface area contributed by atoms with Gasteiger partial charge in [-0.25, -0.2) is 0 Å². The molecule has 0 amide bonds. The highest BCUT2D eigenvalue weighted by Gasteiger charge is 2.45. The highest BCUT2D eigenvalue weighted by molar-refractivity contribution is 5.20. The Morgan fingerprint density at radius 3 is 2.50 bits per heavy atom. The smallest absolute Gasteiger partial charge is 0.265 e. The molecule has 0 atom stereocenters. The third-order valence-electron chi connectivity index (χ3n) is 2.56. The summed E-state index contributed by atoms with van der Waals surface area (Å²) in [4.78, 5) is 9.81. The average molecular weight is 291 g/mol. The van der Waals surface area contributed by atoms with Crippen molar-refractivity contribution in [3.8, 4) is 0 Å². The standard InChI is InChI=1S/C8H8F3N7O2/c9-8(10,11)5-7(13-15-16-14-7)1-2-17-4-6(3-12-17)18(19)20/h3-4H,1-2,5H2. The fraction of sp³-hybridized carbons (Fsp3) is 0.625. The molecule has 0 aromatic carbocycles. The molecule has 0 bridgehead atoms. The molecule has 108 valence electrons. The topological polar surface area (TPSA) is 110 Å². The van der Waals surface area contributed by atoms with Gasteiger partial charge in [-0.3, -0.25) is 14.8 Å². The van der Waals surface area contributed by atoms with Gasteiger partial charge in [0.1, 0.15) is 12.4 Å². The van der Waals surface area contributed by atoms with Crippen LogP contribution < -0.4 is 0 Å². The number of nitrogens with zero attached hydrogens (tertiary/aromatic N) is 7. The highest BCUT2D eigenvalue weighted by Crippen LogP contribution is 2.36. The minimum Gasteiger partial charge on any atom is -0.265 e. The van der Waals surface area contributed by atoms with E-state index in [0.717, 1.165) is 17.1 Å². The van der Waals surface area contributed by atoms with Gasteiger partial charge < -0.3 is 0 Å². The first-order valence-electron chi connectivity index (χ1n) is 5.37. The Balaban J connectivity index is 2.04. The Morgan fingerprint density at radius 2 is 2.00 bits per heavy atom. The van der Waals surface area contributed by atoms with Crippen LogP contribution in [0.1, 0.15) is 12.8 Å². The van der Waals surface area contributed by atoms with E-state index in [1.54, 1.807) is 0 Å². The Morgan fingerprint density at radius 1 is 1.35 bits per heavy atom. The quantitative estimate of drug-likeness (QED) is 0.614. The number of hydrogen-bond donors (Lipinski definition) is 0. The molecule has 9 nitrogen and oxygen atoms in total. The Kier molecular flexibility index (Phi) is 3.46. The molecule has 0 spiro atoms. The van der Waals surface area contributed by atoms with Crippen LogP contribution in [-0.4, -0.2) is 26.5 Å². The van der Waals surface area contributed by atoms with Crippen LogP contribution in [0.2, 0.25) is 0 Å². The fourth-order valence-electron chi connectivity index (χ4n) is 1.67. The maximum Gasteiger partial charge on any atom is 0.393 e. The van der Waals surface area contributed by atoms with Gasteiger partial charge in [0.2, 0.25) is 5.66 Å². The van der Waals surface area contributed by atoms with Gasteiger partial charge in [0.05, 0.1) is 11.3 Å². The molecule has 20 heavy (non-hydrogen) atoms. The molecule has 1 aromatic rings. The first-order chi connectivity index (χ1) is 9.30. The van der Waals surface area contributed by atoms with Crippen LogP contribution in [-0.2, 0) is 6.54 Å². The molecule has 2 heterocycles. The molecule has 0 saturated carbocycles. The summed E-state index contributed by atoms with van der Waals surface area (Å²) >= 11 is 0. The molecule has 1 aliphatic rings. The monoisotopic (exact) mass is 291 g/mol. The predicted octanol–water partition coefficient (Wildman–Crippen LogP) is 2.66. The molecule has 0 aliphatic carbocycles. The number of rotatable bonds is 5. The second-order valence-corrected chi connectivity index (χ2v) is 4.12. The lowest BCUT2D eigenvalue weighted by Gasteiger charge is -2.20. The summed E-state index contributed by atoms with van der Waals surface area (Å²) in [6.45, 7) is -0.0258. The van der Waals surface area contributed by atoms with Gasteiger partial charge in [0.25, 0.3) is 0 Å². The van der Waals surface area contributed by atoms with Crippen molar-refractivity contribution < 1.29 is 18.1 Å². The van der Waals surface area contributed by atoms with Crippen molar-refractivity contribution in [2.75, 3.05) is 0 Å². The maximum absolute atomic E-state index is 12.5. The zero-order valence-corrected chi connectivity index (χ0v) is 9.86. The largest absolute Gasteiger partial charge is 0.393 e. The van der Waals surface area contributed by atoms with Crippen molar-refractivity contribution in [2.24, 2.45) is 20.7 Å². The van der Waals surface area contributed by atoms with E-state index >= 15 is 0 Å². The van der Waals surface area contributed by atoms with E-state index in [0.29, 0.717) is 0 Å². The van der Waals surface area contributed by atoms with Gasteiger partial charge in [0.15, 0.2) is 0 Å². The number of aryl methyl sites for hydroxylation is 1. The zero-order chi connectivity index (χ0) is 14.8. The Hall–Kier alpha value is -2.40. The third kappa shape index (κ3) is 3.33. The minimum absolute atomic E-state index is 0.0258. The molecule has 12 heteroatoms. The first kappa shape index (κ1) is 14.0. The minimum atomic E-state index is -4.47. The molecular weight excluding hydrogens is 283 g/mol. The van der Waals surface area contributed by atoms with Gasteiger partial charge in [-0.15, -0.1) is 10.2 Å². The molecular formula is C8H8F3N7O2. The van der Waals surface area contributed by atoms with E-state index in [9.17, 15) is 23.3 Å². The summed E-state index contributed by atoms with van der Waals surface area (Å²) in [5.74, 6) is 0. The third-order valence-corrected chi connectivity index (χ3v) is 2.56. The van der Waals surface area contributed by atoms with Crippen LogP contribution >= 0.6 is 0 Å². The summed E-state index contributed by atoms with van der Waals surface area (Å²) in [5, 5.41) is 27.2. The number of hydrogen-bond acceptors (Lipinski definition) is 7. The van der Waals surface area contributed by atoms with Gasteiger partial charge in [-0.2, -0.15) is 18.3 Å². The van der Waals surface area contributed by atoms with Crippen molar-refractivity contribution in [1.29, 1.82) is 0 Å². The van der Waals surface area contributed by atoms with Crippen LogP contribution in [0, 0.1) is 10.1 Å². The second-order valence-electron chi connectivity index (χ2n) is 4.12. The summed E-state index contributed by atoms with van der Waals surface area (Å²) in [5.41, 5.74) is -2.05. The van der Waals surface area contributed by atoms with Crippen molar-refractivity contribution in [2.45, 2.75) is 31.2 Å². The first-order valence-corrected chi connectivity index (χ1v) is 5.37. The molecule has 0 saturated heterocycles. The summed E-state index contributed by atoms with van der Waals surface area (Å²) < 4.78 is 38.6. The SMILES string of the molecule is O=[N+]([O-])c1cnn(CCC2(CC(F)(F)F)N=NN=N2)c1. The maximum atomic E-state index is 12.5. The molecule has 1 aliphatic heterocycles. The molecule has 1 aromatic heterocycles. The summed E-state index contributed by atoms with van der Waals surface area (Å²) in [7, 11) is 0. The van der Waals surface area contributed by atoms with Crippen LogP contribution in [0.15, 0.2) is 33.1 Å². The number of alkyl halides is 3. The molecule has 2 rings (SSSR count). The number of halogens is 3. The Labute approximate surface area is 109 Å². The van der Waals surface area contributed by atoms with E-state index in [1.165, 1.54) is 0 Å². The lowest BCUT2D eigenvalue weighted by molar-refractivity contribution is -0.385. The lowest BCUT2D eigenvalue weighted by Crippen LogP contribution is -2.31. The number of nitro groups is 1. The van der Waals surface area contributed by atoms with E-state index in [4.69, 9.17) is 0 Å². The van der Waals surface area contributed by atoms with Crippen LogP contribution in [0.25, 0.3) is 0 Å². The summed E-state index contributed by atoms with van der Waals surface area (Å²) in [6.07, 6.45) is -3.81. The fourth-order valence-corrected chi connectivity index (χ4v) is 1.67. The van der Waals surface area contributed by atoms with E-state index in [2.05, 4.69) is 25.8 Å². The predicted molar refractivity (Wildman–Crippen MR) is 56.6 cm³/mol. The normalized spacial score (nSPS) is 16.8. The van der Waals surface area contributed by atoms with Crippen molar-refractivity contribution in [3.05, 3.63) is 22.5 Å². The van der Waals surface area contributed by atoms with E-state index in [1.807, 2.05) is 0 Å². The molecule has 0 radical (unpaired) electrons. The lowest BCUT2D eigenvalue weighted by atomic mass is 10.0. The average Bonchev–Trinajstić information content (AvgIpc) is 2.93. The van der Waals surface area contributed by atoms with E-state index < -0.39 is 23.2 Å². The van der Waals surface area contributed by atoms with Crippen LogP contribution in [0.4, 0.5) is 18.9 Å². The van der Waals surface area contributed by atoms with Crippen molar-refractivity contribution in [3.63, 3.8) is 0 Å². The van der Waals surface area contributed by atoms with Gasteiger partial charge in [0, 0.05) is 13.0 Å². The molecule has 0 unspecified atom stereocenters. The Bertz CT molecular complexity index is 553. The summed E-state index contributed by atoms with van der Waals surface area (Å²) in [6, 6.07) is 0. The van der Waals surface area contributed by atoms with Gasteiger partial charge in [-0.05, 0) is 10.4 Å².